The van der Waals surface area contributed by atoms with Gasteiger partial charge in [-0.2, -0.15) is 0 Å². The first-order chi connectivity index (χ1) is 16.1. The fraction of sp³-hybridized carbons (Fsp3) is 0.462. The van der Waals surface area contributed by atoms with Crippen LogP contribution in [0.3, 0.4) is 0 Å². The van der Waals surface area contributed by atoms with Crippen LogP contribution in [0.1, 0.15) is 51.3 Å². The lowest BCUT2D eigenvalue weighted by Crippen LogP contribution is -2.44. The Morgan fingerprint density at radius 1 is 1.12 bits per heavy atom. The van der Waals surface area contributed by atoms with Gasteiger partial charge < -0.3 is 23.8 Å². The normalized spacial score (nSPS) is 18.2. The summed E-state index contributed by atoms with van der Waals surface area (Å²) in [6.07, 6.45) is -2.02. The molecule has 0 bridgehead atoms. The number of esters is 1. The van der Waals surface area contributed by atoms with Gasteiger partial charge in [0.25, 0.3) is 5.91 Å². The minimum absolute atomic E-state index is 0.210. The highest BCUT2D eigenvalue weighted by molar-refractivity contribution is 6.30. The van der Waals surface area contributed by atoms with E-state index in [0.717, 1.165) is 0 Å². The third-order valence-electron chi connectivity index (χ3n) is 5.41. The van der Waals surface area contributed by atoms with Gasteiger partial charge in [0, 0.05) is 28.4 Å². The van der Waals surface area contributed by atoms with E-state index < -0.39 is 18.2 Å². The minimum Gasteiger partial charge on any atom is -0.493 e. The molecule has 0 spiro atoms. The molecule has 1 aliphatic heterocycles. The number of halogens is 1. The molecule has 2 aromatic carbocycles. The molecule has 0 fully saturated rings. The average molecular weight is 490 g/mol. The Morgan fingerprint density at radius 2 is 1.85 bits per heavy atom. The average Bonchev–Trinajstić information content (AvgIpc) is 2.88. The number of hydrogen-bond acceptors (Lipinski definition) is 6. The molecular weight excluding hydrogens is 458 g/mol. The number of anilines is 1. The van der Waals surface area contributed by atoms with E-state index >= 15 is 0 Å². The fourth-order valence-corrected chi connectivity index (χ4v) is 4.25. The first-order valence-corrected chi connectivity index (χ1v) is 11.6. The highest BCUT2D eigenvalue weighted by Gasteiger charge is 2.40. The number of amides is 1. The minimum atomic E-state index is -1.06. The highest BCUT2D eigenvalue weighted by atomic mass is 35.5. The van der Waals surface area contributed by atoms with E-state index in [9.17, 15) is 9.59 Å². The van der Waals surface area contributed by atoms with Crippen LogP contribution in [0.25, 0.3) is 0 Å². The van der Waals surface area contributed by atoms with Gasteiger partial charge in [-0.3, -0.25) is 9.59 Å². The zero-order valence-corrected chi connectivity index (χ0v) is 21.3. The van der Waals surface area contributed by atoms with Crippen LogP contribution >= 0.6 is 11.6 Å². The van der Waals surface area contributed by atoms with Gasteiger partial charge in [-0.25, -0.2) is 0 Å². The Labute approximate surface area is 205 Å². The first kappa shape index (κ1) is 25.8. The molecule has 0 saturated carbocycles. The number of para-hydroxylation sites is 1. The van der Waals surface area contributed by atoms with Gasteiger partial charge in [0.1, 0.15) is 12.2 Å². The van der Waals surface area contributed by atoms with Crippen LogP contribution < -0.4 is 14.4 Å². The number of ether oxygens (including phenoxy) is 4. The molecule has 0 saturated heterocycles. The Morgan fingerprint density at radius 3 is 2.47 bits per heavy atom. The van der Waals surface area contributed by atoms with Crippen molar-refractivity contribution in [2.24, 2.45) is 5.41 Å². The lowest BCUT2D eigenvalue weighted by Gasteiger charge is -2.31. The van der Waals surface area contributed by atoms with Crippen molar-refractivity contribution < 1.29 is 28.5 Å². The molecule has 0 aliphatic carbocycles. The summed E-state index contributed by atoms with van der Waals surface area (Å²) in [4.78, 5) is 27.9. The van der Waals surface area contributed by atoms with Gasteiger partial charge in [-0.1, -0.05) is 44.5 Å². The molecule has 2 atom stereocenters. The van der Waals surface area contributed by atoms with Crippen molar-refractivity contribution in [3.63, 3.8) is 0 Å². The summed E-state index contributed by atoms with van der Waals surface area (Å²) >= 11 is 6.41. The first-order valence-electron chi connectivity index (χ1n) is 11.2. The van der Waals surface area contributed by atoms with Crippen molar-refractivity contribution in [2.75, 3.05) is 32.3 Å². The summed E-state index contributed by atoms with van der Waals surface area (Å²) in [6.45, 7) is 8.50. The van der Waals surface area contributed by atoms with E-state index in [1.54, 1.807) is 44.2 Å². The molecule has 0 radical (unpaired) electrons. The Hall–Kier alpha value is -2.77. The number of carbonyl (C=O) groups is 2. The lowest BCUT2D eigenvalue weighted by molar-refractivity contribution is -0.151. The fourth-order valence-electron chi connectivity index (χ4n) is 4.07. The van der Waals surface area contributed by atoms with Crippen LogP contribution in [0.5, 0.6) is 11.5 Å². The molecule has 7 nitrogen and oxygen atoms in total. The summed E-state index contributed by atoms with van der Waals surface area (Å²) in [6, 6.07) is 10.8. The second-order valence-corrected chi connectivity index (χ2v) is 9.72. The van der Waals surface area contributed by atoms with Gasteiger partial charge in [0.05, 0.1) is 27.2 Å². The topological polar surface area (TPSA) is 74.3 Å². The summed E-state index contributed by atoms with van der Waals surface area (Å²) in [5, 5.41) is 0.501. The maximum absolute atomic E-state index is 13.8. The molecule has 1 aliphatic rings. The molecule has 2 unspecified atom stereocenters. The van der Waals surface area contributed by atoms with Gasteiger partial charge in [0.15, 0.2) is 11.5 Å². The summed E-state index contributed by atoms with van der Waals surface area (Å²) < 4.78 is 22.7. The van der Waals surface area contributed by atoms with E-state index in [-0.39, 0.29) is 24.3 Å². The predicted molar refractivity (Wildman–Crippen MR) is 131 cm³/mol. The van der Waals surface area contributed by atoms with E-state index in [0.29, 0.717) is 39.9 Å². The van der Waals surface area contributed by atoms with Gasteiger partial charge in [-0.15, -0.1) is 0 Å². The predicted octanol–water partition coefficient (Wildman–Crippen LogP) is 5.18. The smallest absolute Gasteiger partial charge is 0.308 e. The number of benzene rings is 2. The lowest BCUT2D eigenvalue weighted by atomic mass is 9.94. The summed E-state index contributed by atoms with van der Waals surface area (Å²) in [7, 11) is 3.10. The maximum Gasteiger partial charge on any atom is 0.308 e. The number of rotatable bonds is 7. The van der Waals surface area contributed by atoms with Crippen LogP contribution in [0, 0.1) is 5.41 Å². The van der Waals surface area contributed by atoms with Crippen molar-refractivity contribution in [1.29, 1.82) is 0 Å². The van der Waals surface area contributed by atoms with Crippen molar-refractivity contribution in [2.45, 2.75) is 46.3 Å². The van der Waals surface area contributed by atoms with Crippen LogP contribution in [-0.2, 0) is 19.1 Å². The quantitative estimate of drug-likeness (QED) is 0.499. The van der Waals surface area contributed by atoms with E-state index in [1.165, 1.54) is 0 Å². The molecule has 1 heterocycles. The van der Waals surface area contributed by atoms with Gasteiger partial charge in [-0.05, 0) is 36.6 Å². The third kappa shape index (κ3) is 5.65. The van der Waals surface area contributed by atoms with Crippen LogP contribution in [0.4, 0.5) is 5.69 Å². The van der Waals surface area contributed by atoms with Crippen molar-refractivity contribution in [1.82, 2.24) is 0 Å². The second kappa shape index (κ2) is 10.7. The molecule has 8 heteroatoms. The van der Waals surface area contributed by atoms with Crippen LogP contribution in [-0.4, -0.2) is 45.4 Å². The molecule has 0 N–H and O–H groups in total. The number of carbonyl (C=O) groups excluding carboxylic acids is 2. The molecule has 3 rings (SSSR count). The SMILES string of the molecule is CCOC(=O)CC1OC(c2cccc(OC)c2OC)c2cc(Cl)ccc2N(CC(C)(C)C)C1=O. The van der Waals surface area contributed by atoms with E-state index in [1.807, 2.05) is 39.0 Å². The monoisotopic (exact) mass is 489 g/mol. The second-order valence-electron chi connectivity index (χ2n) is 9.28. The Balaban J connectivity index is 2.23. The third-order valence-corrected chi connectivity index (χ3v) is 5.65. The molecule has 2 aromatic rings. The molecule has 1 amide bonds. The zero-order chi connectivity index (χ0) is 25.0. The van der Waals surface area contributed by atoms with Gasteiger partial charge >= 0.3 is 5.97 Å². The number of methoxy groups -OCH3 is 2. The highest BCUT2D eigenvalue weighted by Crippen LogP contribution is 2.45. The largest absolute Gasteiger partial charge is 0.493 e. The van der Waals surface area contributed by atoms with E-state index in [2.05, 4.69) is 0 Å². The van der Waals surface area contributed by atoms with Gasteiger partial charge in [0.2, 0.25) is 0 Å². The Bertz CT molecular complexity index is 1050. The van der Waals surface area contributed by atoms with E-state index in [4.69, 9.17) is 30.5 Å². The molecule has 34 heavy (non-hydrogen) atoms. The molecular formula is C26H32ClNO6. The zero-order valence-electron chi connectivity index (χ0n) is 20.5. The number of fused-ring (bicyclic) bond motifs is 1. The Kier molecular flexibility index (Phi) is 8.10. The number of nitrogens with zero attached hydrogens (tertiary/aromatic N) is 1. The summed E-state index contributed by atoms with van der Waals surface area (Å²) in [5.74, 6) is 0.191. The summed E-state index contributed by atoms with van der Waals surface area (Å²) in [5.41, 5.74) is 1.81. The standard InChI is InChI=1S/C26H32ClNO6/c1-7-33-22(29)14-21-25(30)28(15-26(2,3)4)19-12-11-16(27)13-18(19)23(34-21)17-9-8-10-20(31-5)24(17)32-6/h8-13,21,23H,7,14-15H2,1-6H3. The van der Waals surface area contributed by atoms with Crippen molar-refractivity contribution >= 4 is 29.2 Å². The molecule has 0 aromatic heterocycles. The maximum atomic E-state index is 13.8. The van der Waals surface area contributed by atoms with Crippen molar-refractivity contribution in [3.05, 3.63) is 52.5 Å². The van der Waals surface area contributed by atoms with Crippen molar-refractivity contribution in [3.8, 4) is 11.5 Å². The van der Waals surface area contributed by atoms with Crippen LogP contribution in [0.2, 0.25) is 5.02 Å². The number of hydrogen-bond donors (Lipinski definition) is 0. The molecule has 184 valence electrons. The van der Waals surface area contributed by atoms with Crippen LogP contribution in [0.15, 0.2) is 36.4 Å².